The molecule has 21 heavy (non-hydrogen) atoms. The van der Waals surface area contributed by atoms with Crippen molar-refractivity contribution in [3.05, 3.63) is 72.3 Å². The fourth-order valence-corrected chi connectivity index (χ4v) is 2.43. The summed E-state index contributed by atoms with van der Waals surface area (Å²) in [6.07, 6.45) is 8.07. The maximum atomic E-state index is 3.67. The van der Waals surface area contributed by atoms with Gasteiger partial charge in [0.2, 0.25) is 0 Å². The first-order chi connectivity index (χ1) is 10.2. The molecule has 1 heteroatoms. The molecule has 0 spiro atoms. The summed E-state index contributed by atoms with van der Waals surface area (Å²) < 4.78 is 0. The molecule has 0 aliphatic rings. The third-order valence-electron chi connectivity index (χ3n) is 3.70. The molecule has 0 radical (unpaired) electrons. The Balaban J connectivity index is 2.14. The first-order valence-corrected chi connectivity index (χ1v) is 7.79. The largest absolute Gasteiger partial charge is 0.376 e. The Morgan fingerprint density at radius 1 is 0.952 bits per heavy atom. The van der Waals surface area contributed by atoms with E-state index in [9.17, 15) is 0 Å². The van der Waals surface area contributed by atoms with Crippen molar-refractivity contribution >= 4 is 11.8 Å². The lowest BCUT2D eigenvalue weighted by Gasteiger charge is -2.29. The van der Waals surface area contributed by atoms with E-state index >= 15 is 0 Å². The summed E-state index contributed by atoms with van der Waals surface area (Å²) in [5.41, 5.74) is 2.40. The van der Waals surface area contributed by atoms with Crippen molar-refractivity contribution in [2.75, 3.05) is 5.32 Å². The van der Waals surface area contributed by atoms with Gasteiger partial charge < -0.3 is 5.32 Å². The van der Waals surface area contributed by atoms with Crippen LogP contribution < -0.4 is 5.32 Å². The fraction of sp³-hybridized carbons (Fsp3) is 0.300. The monoisotopic (exact) mass is 279 g/mol. The van der Waals surface area contributed by atoms with Gasteiger partial charge in [0.25, 0.3) is 0 Å². The molecule has 0 aromatic heterocycles. The van der Waals surface area contributed by atoms with E-state index in [0.717, 1.165) is 6.42 Å². The van der Waals surface area contributed by atoms with Gasteiger partial charge in [-0.1, -0.05) is 80.4 Å². The number of rotatable bonds is 7. The lowest BCUT2D eigenvalue weighted by molar-refractivity contribution is 0.544. The molecule has 2 aromatic rings. The van der Waals surface area contributed by atoms with E-state index in [1.54, 1.807) is 0 Å². The number of hydrogen-bond donors (Lipinski definition) is 1. The average Bonchev–Trinajstić information content (AvgIpc) is 2.53. The van der Waals surface area contributed by atoms with Gasteiger partial charge in [0, 0.05) is 5.69 Å². The Hall–Kier alpha value is -2.02. The van der Waals surface area contributed by atoms with E-state index in [1.807, 2.05) is 6.07 Å². The molecular weight excluding hydrogens is 254 g/mol. The summed E-state index contributed by atoms with van der Waals surface area (Å²) in [5, 5.41) is 3.67. The highest BCUT2D eigenvalue weighted by molar-refractivity contribution is 5.54. The van der Waals surface area contributed by atoms with Crippen LogP contribution in [0.5, 0.6) is 0 Å². The highest BCUT2D eigenvalue weighted by Crippen LogP contribution is 2.23. The van der Waals surface area contributed by atoms with Crippen molar-refractivity contribution < 1.29 is 0 Å². The highest BCUT2D eigenvalue weighted by atomic mass is 15.0. The summed E-state index contributed by atoms with van der Waals surface area (Å²) >= 11 is 0. The molecule has 2 rings (SSSR count). The first-order valence-electron chi connectivity index (χ1n) is 7.79. The Morgan fingerprint density at radius 2 is 1.57 bits per heavy atom. The SMILES string of the molecule is CCCCC(C)(/C=C/c1ccccc1)Nc1ccccc1. The number of para-hydroxylation sites is 1. The minimum absolute atomic E-state index is 0.0206. The summed E-state index contributed by atoms with van der Waals surface area (Å²) in [5.74, 6) is 0. The molecule has 110 valence electrons. The number of hydrogen-bond acceptors (Lipinski definition) is 1. The van der Waals surface area contributed by atoms with Gasteiger partial charge in [-0.05, 0) is 31.0 Å². The molecule has 0 saturated heterocycles. The Morgan fingerprint density at radius 3 is 2.19 bits per heavy atom. The van der Waals surface area contributed by atoms with Crippen LogP contribution in [0.2, 0.25) is 0 Å². The van der Waals surface area contributed by atoms with Gasteiger partial charge in [0.1, 0.15) is 0 Å². The third-order valence-corrected chi connectivity index (χ3v) is 3.70. The van der Waals surface area contributed by atoms with E-state index in [1.165, 1.54) is 24.1 Å². The molecule has 0 amide bonds. The molecule has 0 bridgehead atoms. The van der Waals surface area contributed by atoms with Crippen LogP contribution in [0.15, 0.2) is 66.7 Å². The molecule has 1 unspecified atom stereocenters. The Labute approximate surface area is 128 Å². The van der Waals surface area contributed by atoms with Gasteiger partial charge in [0.15, 0.2) is 0 Å². The normalized spacial score (nSPS) is 14.0. The zero-order valence-electron chi connectivity index (χ0n) is 13.0. The summed E-state index contributed by atoms with van der Waals surface area (Å²) in [6, 6.07) is 20.9. The van der Waals surface area contributed by atoms with Gasteiger partial charge >= 0.3 is 0 Å². The maximum absolute atomic E-state index is 3.67. The van der Waals surface area contributed by atoms with Crippen LogP contribution >= 0.6 is 0 Å². The number of anilines is 1. The molecule has 1 atom stereocenters. The predicted molar refractivity (Wildman–Crippen MR) is 93.5 cm³/mol. The van der Waals surface area contributed by atoms with Gasteiger partial charge in [0.05, 0.1) is 5.54 Å². The Kier molecular flexibility index (Phi) is 5.62. The summed E-state index contributed by atoms with van der Waals surface area (Å²) in [4.78, 5) is 0. The smallest absolute Gasteiger partial charge is 0.0531 e. The second kappa shape index (κ2) is 7.68. The maximum Gasteiger partial charge on any atom is 0.0531 e. The number of benzene rings is 2. The molecular formula is C20H25N. The zero-order valence-corrected chi connectivity index (χ0v) is 13.0. The molecule has 1 N–H and O–H groups in total. The van der Waals surface area contributed by atoms with Crippen molar-refractivity contribution in [1.82, 2.24) is 0 Å². The first kappa shape index (κ1) is 15.4. The lowest BCUT2D eigenvalue weighted by atomic mass is 9.93. The molecule has 0 fully saturated rings. The van der Waals surface area contributed by atoms with Gasteiger partial charge in [-0.3, -0.25) is 0 Å². The molecule has 0 saturated carbocycles. The zero-order chi connectivity index (χ0) is 15.0. The summed E-state index contributed by atoms with van der Waals surface area (Å²) in [7, 11) is 0. The van der Waals surface area contributed by atoms with E-state index in [4.69, 9.17) is 0 Å². The van der Waals surface area contributed by atoms with Crippen LogP contribution in [-0.2, 0) is 0 Å². The predicted octanol–water partition coefficient (Wildman–Crippen LogP) is 5.76. The van der Waals surface area contributed by atoms with E-state index < -0.39 is 0 Å². The van der Waals surface area contributed by atoms with Gasteiger partial charge in [-0.2, -0.15) is 0 Å². The van der Waals surface area contributed by atoms with E-state index in [2.05, 4.69) is 85.9 Å². The van der Waals surface area contributed by atoms with Crippen molar-refractivity contribution in [2.24, 2.45) is 0 Å². The number of nitrogens with one attached hydrogen (secondary N) is 1. The molecule has 0 heterocycles. The van der Waals surface area contributed by atoms with Crippen LogP contribution in [0.3, 0.4) is 0 Å². The minimum atomic E-state index is -0.0206. The molecule has 1 nitrogen and oxygen atoms in total. The molecule has 2 aromatic carbocycles. The van der Waals surface area contributed by atoms with Crippen LogP contribution in [0.4, 0.5) is 5.69 Å². The lowest BCUT2D eigenvalue weighted by Crippen LogP contribution is -2.32. The van der Waals surface area contributed by atoms with E-state index in [-0.39, 0.29) is 5.54 Å². The standard InChI is InChI=1S/C20H25N/c1-3-4-16-20(2,21-19-13-9-6-10-14-19)17-15-18-11-7-5-8-12-18/h5-15,17,21H,3-4,16H2,1-2H3/b17-15+. The van der Waals surface area contributed by atoms with Crippen molar-refractivity contribution in [2.45, 2.75) is 38.6 Å². The minimum Gasteiger partial charge on any atom is -0.376 e. The molecule has 0 aliphatic carbocycles. The van der Waals surface area contributed by atoms with Crippen LogP contribution in [-0.4, -0.2) is 5.54 Å². The average molecular weight is 279 g/mol. The second-order valence-corrected chi connectivity index (χ2v) is 5.76. The Bertz CT molecular complexity index is 545. The highest BCUT2D eigenvalue weighted by Gasteiger charge is 2.19. The van der Waals surface area contributed by atoms with Gasteiger partial charge in [-0.15, -0.1) is 0 Å². The van der Waals surface area contributed by atoms with Crippen molar-refractivity contribution in [3.63, 3.8) is 0 Å². The van der Waals surface area contributed by atoms with Crippen molar-refractivity contribution in [1.29, 1.82) is 0 Å². The third kappa shape index (κ3) is 5.11. The van der Waals surface area contributed by atoms with Crippen LogP contribution in [0, 0.1) is 0 Å². The second-order valence-electron chi connectivity index (χ2n) is 5.76. The number of unbranched alkanes of at least 4 members (excludes halogenated alkanes) is 1. The summed E-state index contributed by atoms with van der Waals surface area (Å²) in [6.45, 7) is 4.51. The van der Waals surface area contributed by atoms with Gasteiger partial charge in [-0.25, -0.2) is 0 Å². The van der Waals surface area contributed by atoms with E-state index in [0.29, 0.717) is 0 Å². The fourth-order valence-electron chi connectivity index (χ4n) is 2.43. The topological polar surface area (TPSA) is 12.0 Å². The quantitative estimate of drug-likeness (QED) is 0.679. The molecule has 0 aliphatic heterocycles. The van der Waals surface area contributed by atoms with Crippen LogP contribution in [0.1, 0.15) is 38.7 Å². The van der Waals surface area contributed by atoms with Crippen molar-refractivity contribution in [3.8, 4) is 0 Å². The van der Waals surface area contributed by atoms with Crippen LogP contribution in [0.25, 0.3) is 6.08 Å².